The van der Waals surface area contributed by atoms with Gasteiger partial charge in [0.05, 0.1) is 36.5 Å². The van der Waals surface area contributed by atoms with Crippen molar-refractivity contribution in [2.45, 2.75) is 31.9 Å². The van der Waals surface area contributed by atoms with Gasteiger partial charge in [0.25, 0.3) is 0 Å². The number of esters is 1. The predicted octanol–water partition coefficient (Wildman–Crippen LogP) is 3.72. The van der Waals surface area contributed by atoms with E-state index in [4.69, 9.17) is 26.1 Å². The molecular formula is C22H21ClFN3O5S. The van der Waals surface area contributed by atoms with Crippen LogP contribution in [0, 0.1) is 11.7 Å². The van der Waals surface area contributed by atoms with Crippen molar-refractivity contribution in [2.75, 3.05) is 13.2 Å². The van der Waals surface area contributed by atoms with Crippen LogP contribution in [0.1, 0.15) is 36.4 Å². The molecule has 4 rings (SSSR count). The van der Waals surface area contributed by atoms with Crippen LogP contribution in [0.4, 0.5) is 4.39 Å². The van der Waals surface area contributed by atoms with Crippen molar-refractivity contribution in [1.82, 2.24) is 10.3 Å². The molecule has 0 saturated carbocycles. The summed E-state index contributed by atoms with van der Waals surface area (Å²) in [6.45, 7) is 1.83. The number of halogens is 2. The SMILES string of the molecule is CCOC(=O)C1=C([C@H]2CC[C@H](C(=O)O)CO2)NC(c2nccs2)=NC1c1ccc(F)cc1Cl. The molecule has 3 atom stereocenters. The molecule has 3 heterocycles. The zero-order valence-electron chi connectivity index (χ0n) is 17.6. The summed E-state index contributed by atoms with van der Waals surface area (Å²) in [7, 11) is 0. The van der Waals surface area contributed by atoms with Gasteiger partial charge in [-0.3, -0.25) is 9.79 Å². The number of nitrogens with one attached hydrogen (secondary N) is 1. The van der Waals surface area contributed by atoms with Gasteiger partial charge in [0.15, 0.2) is 10.8 Å². The summed E-state index contributed by atoms with van der Waals surface area (Å²) in [6.07, 6.45) is 1.79. The number of rotatable bonds is 6. The third-order valence-corrected chi connectivity index (χ3v) is 6.52. The molecule has 0 radical (unpaired) electrons. The van der Waals surface area contributed by atoms with Crippen molar-refractivity contribution >= 4 is 40.7 Å². The number of amidine groups is 1. The number of carboxylic acid groups (broad SMARTS) is 1. The third-order valence-electron chi connectivity index (χ3n) is 5.41. The average Bonchev–Trinajstić information content (AvgIpc) is 3.33. The van der Waals surface area contributed by atoms with E-state index < -0.39 is 35.8 Å². The van der Waals surface area contributed by atoms with E-state index in [0.717, 1.165) is 6.07 Å². The fourth-order valence-electron chi connectivity index (χ4n) is 3.82. The molecule has 0 spiro atoms. The number of hydrogen-bond donors (Lipinski definition) is 2. The van der Waals surface area contributed by atoms with Crippen molar-refractivity contribution in [1.29, 1.82) is 0 Å². The number of aliphatic imine (C=N–C) groups is 1. The van der Waals surface area contributed by atoms with Crippen molar-refractivity contribution in [3.63, 3.8) is 0 Å². The van der Waals surface area contributed by atoms with Crippen molar-refractivity contribution in [2.24, 2.45) is 10.9 Å². The Morgan fingerprint density at radius 3 is 2.82 bits per heavy atom. The van der Waals surface area contributed by atoms with Gasteiger partial charge in [-0.25, -0.2) is 14.2 Å². The summed E-state index contributed by atoms with van der Waals surface area (Å²) in [5, 5.41) is 15.0. The average molecular weight is 494 g/mol. The third kappa shape index (κ3) is 4.92. The van der Waals surface area contributed by atoms with Crippen LogP contribution < -0.4 is 5.32 Å². The van der Waals surface area contributed by atoms with Gasteiger partial charge in [0, 0.05) is 22.2 Å². The molecule has 0 aliphatic carbocycles. The van der Waals surface area contributed by atoms with Crippen LogP contribution in [0.2, 0.25) is 5.02 Å². The Morgan fingerprint density at radius 1 is 1.39 bits per heavy atom. The van der Waals surface area contributed by atoms with E-state index in [1.165, 1.54) is 23.5 Å². The minimum Gasteiger partial charge on any atom is -0.481 e. The smallest absolute Gasteiger partial charge is 0.338 e. The van der Waals surface area contributed by atoms with E-state index in [1.807, 2.05) is 0 Å². The van der Waals surface area contributed by atoms with E-state index in [9.17, 15) is 19.1 Å². The Hall–Kier alpha value is -2.82. The predicted molar refractivity (Wildman–Crippen MR) is 120 cm³/mol. The standard InChI is InChI=1S/C22H21ClFN3O5S/c1-2-31-22(30)16-17(13-5-4-12(24)9-14(13)23)26-19(20-25-7-8-33-20)27-18(16)15-6-3-11(10-32-15)21(28)29/h4-5,7-9,11,15,17H,2-3,6,10H2,1H3,(H,26,27)(H,28,29)/t11-,15+,17?/m0/s1. The number of thiazole rings is 1. The van der Waals surface area contributed by atoms with Crippen molar-refractivity contribution in [3.05, 3.63) is 62.5 Å². The zero-order chi connectivity index (χ0) is 23.5. The van der Waals surface area contributed by atoms with Gasteiger partial charge < -0.3 is 19.9 Å². The molecule has 2 aliphatic rings. The van der Waals surface area contributed by atoms with E-state index in [1.54, 1.807) is 18.5 Å². The van der Waals surface area contributed by atoms with Gasteiger partial charge in [0.1, 0.15) is 11.9 Å². The number of aliphatic carboxylic acids is 1. The van der Waals surface area contributed by atoms with E-state index >= 15 is 0 Å². The van der Waals surface area contributed by atoms with Gasteiger partial charge >= 0.3 is 11.9 Å². The molecule has 0 bridgehead atoms. The summed E-state index contributed by atoms with van der Waals surface area (Å²) in [6, 6.07) is 3.00. The second kappa shape index (κ2) is 9.98. The molecule has 1 unspecified atom stereocenters. The number of carboxylic acids is 1. The molecule has 8 nitrogen and oxygen atoms in total. The molecule has 2 aliphatic heterocycles. The number of nitrogens with zero attached hydrogens (tertiary/aromatic N) is 2. The van der Waals surface area contributed by atoms with Gasteiger partial charge in [0.2, 0.25) is 0 Å². The number of carbonyl (C=O) groups is 2. The first-order valence-corrected chi connectivity index (χ1v) is 11.6. The lowest BCUT2D eigenvalue weighted by Crippen LogP contribution is -2.42. The summed E-state index contributed by atoms with van der Waals surface area (Å²) >= 11 is 7.71. The molecular weight excluding hydrogens is 473 g/mol. The highest BCUT2D eigenvalue weighted by atomic mass is 35.5. The van der Waals surface area contributed by atoms with Crippen LogP contribution in [0.3, 0.4) is 0 Å². The zero-order valence-corrected chi connectivity index (χ0v) is 19.2. The highest BCUT2D eigenvalue weighted by molar-refractivity contribution is 7.11. The Balaban J connectivity index is 1.82. The second-order valence-corrected chi connectivity index (χ2v) is 8.79. The highest BCUT2D eigenvalue weighted by Crippen LogP contribution is 2.39. The van der Waals surface area contributed by atoms with Gasteiger partial charge in [-0.1, -0.05) is 17.7 Å². The molecule has 1 saturated heterocycles. The number of hydrogen-bond acceptors (Lipinski definition) is 8. The first-order valence-electron chi connectivity index (χ1n) is 10.3. The van der Waals surface area contributed by atoms with Crippen LogP contribution >= 0.6 is 22.9 Å². The van der Waals surface area contributed by atoms with Crippen LogP contribution in [-0.4, -0.2) is 47.2 Å². The van der Waals surface area contributed by atoms with E-state index in [0.29, 0.717) is 34.9 Å². The van der Waals surface area contributed by atoms with Gasteiger partial charge in [-0.15, -0.1) is 11.3 Å². The topological polar surface area (TPSA) is 110 Å². The van der Waals surface area contributed by atoms with Crippen LogP contribution in [-0.2, 0) is 19.1 Å². The summed E-state index contributed by atoms with van der Waals surface area (Å²) in [5.41, 5.74) is 1.03. The number of benzene rings is 1. The Bertz CT molecular complexity index is 1110. The van der Waals surface area contributed by atoms with Crippen LogP contribution in [0.25, 0.3) is 0 Å². The van der Waals surface area contributed by atoms with Gasteiger partial charge in [-0.2, -0.15) is 0 Å². The maximum Gasteiger partial charge on any atom is 0.338 e. The summed E-state index contributed by atoms with van der Waals surface area (Å²) < 4.78 is 24.9. The first kappa shape index (κ1) is 23.3. The molecule has 1 aromatic carbocycles. The minimum absolute atomic E-state index is 0.00693. The Morgan fingerprint density at radius 2 is 2.21 bits per heavy atom. The molecule has 174 valence electrons. The lowest BCUT2D eigenvalue weighted by molar-refractivity contribution is -0.148. The number of aromatic nitrogens is 1. The molecule has 33 heavy (non-hydrogen) atoms. The molecule has 2 N–H and O–H groups in total. The Labute approximate surface area is 198 Å². The lowest BCUT2D eigenvalue weighted by Gasteiger charge is -2.34. The first-order chi connectivity index (χ1) is 15.9. The van der Waals surface area contributed by atoms with Crippen molar-refractivity contribution < 1.29 is 28.6 Å². The fourth-order valence-corrected chi connectivity index (χ4v) is 4.68. The highest BCUT2D eigenvalue weighted by Gasteiger charge is 2.39. The largest absolute Gasteiger partial charge is 0.481 e. The van der Waals surface area contributed by atoms with E-state index in [-0.39, 0.29) is 23.8 Å². The van der Waals surface area contributed by atoms with Crippen molar-refractivity contribution in [3.8, 4) is 0 Å². The Kier molecular flexibility index (Phi) is 7.06. The monoisotopic (exact) mass is 493 g/mol. The molecule has 0 amide bonds. The minimum atomic E-state index is -0.925. The number of ether oxygens (including phenoxy) is 2. The van der Waals surface area contributed by atoms with Gasteiger partial charge in [-0.05, 0) is 31.9 Å². The van der Waals surface area contributed by atoms with Crippen LogP contribution in [0.5, 0.6) is 0 Å². The summed E-state index contributed by atoms with van der Waals surface area (Å²) in [5.74, 6) is -2.27. The normalized spacial score (nSPS) is 23.0. The maximum absolute atomic E-state index is 13.7. The molecule has 1 aromatic heterocycles. The second-order valence-electron chi connectivity index (χ2n) is 7.49. The lowest BCUT2D eigenvalue weighted by atomic mass is 9.90. The molecule has 1 fully saturated rings. The fraction of sp³-hybridized carbons (Fsp3) is 0.364. The van der Waals surface area contributed by atoms with E-state index in [2.05, 4.69) is 10.3 Å². The maximum atomic E-state index is 13.7. The number of carbonyl (C=O) groups excluding carboxylic acids is 1. The van der Waals surface area contributed by atoms with Crippen LogP contribution in [0.15, 0.2) is 46.0 Å². The summed E-state index contributed by atoms with van der Waals surface area (Å²) in [4.78, 5) is 33.5. The molecule has 2 aromatic rings. The quantitative estimate of drug-likeness (QED) is 0.590. The molecule has 11 heteroatoms.